The lowest BCUT2D eigenvalue weighted by atomic mass is 9.99. The van der Waals surface area contributed by atoms with Gasteiger partial charge < -0.3 is 9.13 Å². The Hall–Kier alpha value is -6.64. The highest BCUT2D eigenvalue weighted by atomic mass is 15.0. The largest absolute Gasteiger partial charge is 0.309 e. The lowest BCUT2D eigenvalue weighted by Gasteiger charge is -2.11. The molecule has 0 radical (unpaired) electrons. The first-order chi connectivity index (χ1) is 24.8. The highest BCUT2D eigenvalue weighted by molar-refractivity contribution is 6.28. The average Bonchev–Trinajstić information content (AvgIpc) is 3.72. The molecule has 2 heterocycles. The number of fused-ring (bicyclic) bond motifs is 7. The first-order valence-electron chi connectivity index (χ1n) is 17.2. The molecule has 2 aromatic heterocycles. The van der Waals surface area contributed by atoms with Gasteiger partial charge in [-0.2, -0.15) is 0 Å². The molecule has 10 aromatic rings. The minimum absolute atomic E-state index is 1.14. The maximum absolute atomic E-state index is 2.49. The normalized spacial score (nSPS) is 11.6. The Kier molecular flexibility index (Phi) is 6.53. The lowest BCUT2D eigenvalue weighted by Crippen LogP contribution is -1.95. The van der Waals surface area contributed by atoms with Crippen molar-refractivity contribution in [1.82, 2.24) is 9.13 Å². The maximum Gasteiger partial charge on any atom is 0.0641 e. The first kappa shape index (κ1) is 28.4. The highest BCUT2D eigenvalue weighted by Crippen LogP contribution is 2.44. The van der Waals surface area contributed by atoms with E-state index in [1.54, 1.807) is 0 Å². The second-order valence-electron chi connectivity index (χ2n) is 12.9. The number of aromatic nitrogens is 2. The van der Waals surface area contributed by atoms with Gasteiger partial charge in [-0.1, -0.05) is 152 Å². The Balaban J connectivity index is 1.29. The summed E-state index contributed by atoms with van der Waals surface area (Å²) in [5.41, 5.74) is 14.4. The van der Waals surface area contributed by atoms with Crippen LogP contribution in [-0.4, -0.2) is 9.13 Å². The molecule has 0 spiro atoms. The molecule has 0 N–H and O–H groups in total. The molecule has 0 saturated heterocycles. The molecule has 0 unspecified atom stereocenters. The van der Waals surface area contributed by atoms with Gasteiger partial charge in [-0.15, -0.1) is 0 Å². The summed E-state index contributed by atoms with van der Waals surface area (Å²) in [5, 5.41) is 5.02. The standard InChI is InChI=1S/C48H32N2/c1-4-13-33(14-5-1)35-23-27-38(28-24-35)49-43-21-11-10-19-41(43)47-45(49)32-31-42-46-40(37-17-8-3-9-18-37)20-12-22-44(46)50(48(42)47)39-29-25-36(26-30-39)34-15-6-2-7-16-34/h1-32H. The van der Waals surface area contributed by atoms with Crippen molar-refractivity contribution >= 4 is 43.6 Å². The van der Waals surface area contributed by atoms with Crippen molar-refractivity contribution in [2.45, 2.75) is 0 Å². The summed E-state index contributed by atoms with van der Waals surface area (Å²) in [7, 11) is 0. The van der Waals surface area contributed by atoms with Crippen molar-refractivity contribution in [3.8, 4) is 44.8 Å². The fourth-order valence-corrected chi connectivity index (χ4v) is 7.88. The lowest BCUT2D eigenvalue weighted by molar-refractivity contribution is 1.17. The van der Waals surface area contributed by atoms with Crippen LogP contribution in [0.15, 0.2) is 194 Å². The smallest absolute Gasteiger partial charge is 0.0641 e. The molecule has 0 atom stereocenters. The fraction of sp³-hybridized carbons (Fsp3) is 0. The Morgan fingerprint density at radius 3 is 1.36 bits per heavy atom. The van der Waals surface area contributed by atoms with Crippen molar-refractivity contribution in [2.75, 3.05) is 0 Å². The zero-order valence-electron chi connectivity index (χ0n) is 27.4. The summed E-state index contributed by atoms with van der Waals surface area (Å²) >= 11 is 0. The van der Waals surface area contributed by atoms with Crippen molar-refractivity contribution in [1.29, 1.82) is 0 Å². The zero-order valence-corrected chi connectivity index (χ0v) is 27.4. The van der Waals surface area contributed by atoms with Crippen LogP contribution in [0.3, 0.4) is 0 Å². The van der Waals surface area contributed by atoms with E-state index < -0.39 is 0 Å². The van der Waals surface area contributed by atoms with Gasteiger partial charge in [0.05, 0.1) is 22.1 Å². The van der Waals surface area contributed by atoms with Crippen LogP contribution in [0.5, 0.6) is 0 Å². The van der Waals surface area contributed by atoms with Gasteiger partial charge in [0.2, 0.25) is 0 Å². The topological polar surface area (TPSA) is 9.86 Å². The number of hydrogen-bond donors (Lipinski definition) is 0. The summed E-state index contributed by atoms with van der Waals surface area (Å²) in [5.74, 6) is 0. The van der Waals surface area contributed by atoms with E-state index in [0.717, 1.165) is 11.4 Å². The van der Waals surface area contributed by atoms with Crippen LogP contribution >= 0.6 is 0 Å². The van der Waals surface area contributed by atoms with Crippen LogP contribution in [0.1, 0.15) is 0 Å². The highest BCUT2D eigenvalue weighted by Gasteiger charge is 2.22. The van der Waals surface area contributed by atoms with Gasteiger partial charge in [-0.25, -0.2) is 0 Å². The molecule has 50 heavy (non-hydrogen) atoms. The number of para-hydroxylation sites is 1. The molecule has 2 nitrogen and oxygen atoms in total. The SMILES string of the molecule is c1ccc(-c2ccc(-n3c4ccccc4c4c3ccc3c5c(-c6ccccc6)cccc5n(-c5ccc(-c6ccccc6)cc5)c34)cc2)cc1. The van der Waals surface area contributed by atoms with E-state index in [2.05, 4.69) is 203 Å². The Bertz CT molecular complexity index is 2810. The Labute approximate surface area is 290 Å². The predicted octanol–water partition coefficient (Wildman–Crippen LogP) is 12.9. The molecule has 0 aliphatic rings. The molecule has 0 bridgehead atoms. The molecule has 0 saturated carbocycles. The van der Waals surface area contributed by atoms with Crippen molar-refractivity contribution in [3.63, 3.8) is 0 Å². The number of rotatable bonds is 5. The molecule has 0 fully saturated rings. The average molecular weight is 637 g/mol. The number of nitrogens with zero attached hydrogens (tertiary/aromatic N) is 2. The molecule has 0 aliphatic carbocycles. The van der Waals surface area contributed by atoms with E-state index in [1.165, 1.54) is 77.0 Å². The third-order valence-corrected chi connectivity index (χ3v) is 10.1. The van der Waals surface area contributed by atoms with E-state index in [4.69, 9.17) is 0 Å². The van der Waals surface area contributed by atoms with Crippen LogP contribution < -0.4 is 0 Å². The third kappa shape index (κ3) is 4.43. The summed E-state index contributed by atoms with van der Waals surface area (Å²) in [6.45, 7) is 0. The van der Waals surface area contributed by atoms with Gasteiger partial charge in [0.25, 0.3) is 0 Å². The van der Waals surface area contributed by atoms with Gasteiger partial charge in [-0.3, -0.25) is 0 Å². The quantitative estimate of drug-likeness (QED) is 0.178. The van der Waals surface area contributed by atoms with Gasteiger partial charge in [0, 0.05) is 32.9 Å². The van der Waals surface area contributed by atoms with Crippen molar-refractivity contribution < 1.29 is 0 Å². The van der Waals surface area contributed by atoms with Crippen molar-refractivity contribution in [3.05, 3.63) is 194 Å². The van der Waals surface area contributed by atoms with Crippen molar-refractivity contribution in [2.24, 2.45) is 0 Å². The third-order valence-electron chi connectivity index (χ3n) is 10.1. The van der Waals surface area contributed by atoms with E-state index >= 15 is 0 Å². The molecule has 2 heteroatoms. The number of benzene rings is 8. The Morgan fingerprint density at radius 1 is 0.260 bits per heavy atom. The number of hydrogen-bond acceptors (Lipinski definition) is 0. The second kappa shape index (κ2) is 11.5. The van der Waals surface area contributed by atoms with Gasteiger partial charge in [0.1, 0.15) is 0 Å². The molecule has 8 aromatic carbocycles. The van der Waals surface area contributed by atoms with Crippen LogP contribution in [0, 0.1) is 0 Å². The summed E-state index contributed by atoms with van der Waals surface area (Å²) < 4.78 is 4.92. The molecular weight excluding hydrogens is 605 g/mol. The van der Waals surface area contributed by atoms with Crippen LogP contribution in [0.4, 0.5) is 0 Å². The monoisotopic (exact) mass is 636 g/mol. The van der Waals surface area contributed by atoms with Gasteiger partial charge in [0.15, 0.2) is 0 Å². The van der Waals surface area contributed by atoms with Crippen LogP contribution in [0.25, 0.3) is 88.4 Å². The van der Waals surface area contributed by atoms with Gasteiger partial charge in [-0.05, 0) is 75.8 Å². The summed E-state index contributed by atoms with van der Waals surface area (Å²) in [4.78, 5) is 0. The molecule has 234 valence electrons. The Morgan fingerprint density at radius 2 is 0.740 bits per heavy atom. The van der Waals surface area contributed by atoms with E-state index in [-0.39, 0.29) is 0 Å². The van der Waals surface area contributed by atoms with Crippen LogP contribution in [0.2, 0.25) is 0 Å². The molecule has 0 amide bonds. The van der Waals surface area contributed by atoms with E-state index in [9.17, 15) is 0 Å². The second-order valence-corrected chi connectivity index (χ2v) is 12.9. The van der Waals surface area contributed by atoms with E-state index in [1.807, 2.05) is 0 Å². The fourth-order valence-electron chi connectivity index (χ4n) is 7.88. The minimum Gasteiger partial charge on any atom is -0.309 e. The first-order valence-corrected chi connectivity index (χ1v) is 17.2. The zero-order chi connectivity index (χ0) is 33.0. The predicted molar refractivity (Wildman–Crippen MR) is 211 cm³/mol. The summed E-state index contributed by atoms with van der Waals surface area (Å²) in [6, 6.07) is 70.3. The van der Waals surface area contributed by atoms with Crippen LogP contribution in [-0.2, 0) is 0 Å². The molecule has 0 aliphatic heterocycles. The van der Waals surface area contributed by atoms with E-state index in [0.29, 0.717) is 0 Å². The summed E-state index contributed by atoms with van der Waals surface area (Å²) in [6.07, 6.45) is 0. The minimum atomic E-state index is 1.14. The molecule has 10 rings (SSSR count). The van der Waals surface area contributed by atoms with Gasteiger partial charge >= 0.3 is 0 Å². The molecular formula is C48H32N2. The maximum atomic E-state index is 2.49.